The van der Waals surface area contributed by atoms with Gasteiger partial charge in [0.1, 0.15) is 140 Å². The van der Waals surface area contributed by atoms with Crippen molar-refractivity contribution in [2.75, 3.05) is 53.9 Å². The molecule has 7 heterocycles. The summed E-state index contributed by atoms with van der Waals surface area (Å²) in [5.41, 5.74) is -1.76. The largest absolute Gasteiger partial charge is 0.458 e. The summed E-state index contributed by atoms with van der Waals surface area (Å²) >= 11 is 0. The highest BCUT2D eigenvalue weighted by Crippen LogP contribution is 2.76. The number of carbonyl (C=O) groups excluding carboxylic acids is 1. The zero-order valence-corrected chi connectivity index (χ0v) is 57.0. The first-order valence-electron chi connectivity index (χ1n) is 34.7. The fourth-order valence-electron chi connectivity index (χ4n) is 19.3. The van der Waals surface area contributed by atoms with Crippen LogP contribution in [-0.2, 0) is 75.8 Å². The van der Waals surface area contributed by atoms with Gasteiger partial charge in [-0.15, -0.1) is 0 Å². The molecule has 0 aromatic carbocycles. The fraction of sp³-hybridized carbons (Fsp3) is 0.955. The van der Waals surface area contributed by atoms with E-state index in [1.54, 1.807) is 0 Å². The number of allylic oxidation sites excluding steroid dienone is 2. The number of ether oxygens (including phenoxy) is 15. The topological polar surface area (TPSA) is 479 Å². The molecule has 32 nitrogen and oxygen atoms in total. The average molecular weight is 1410 g/mol. The Hall–Kier alpha value is -1.99. The molecule has 32 heteroatoms. The number of fused-ring (bicyclic) bond motifs is 4. The van der Waals surface area contributed by atoms with Crippen LogP contribution in [0.25, 0.3) is 0 Å². The van der Waals surface area contributed by atoms with Gasteiger partial charge in [-0.25, -0.2) is 0 Å². The number of aliphatic hydroxyl groups is 16. The minimum Gasteiger partial charge on any atom is -0.458 e. The molecule has 10 fully saturated rings. The summed E-state index contributed by atoms with van der Waals surface area (Å²) < 4.78 is 90.0. The Morgan fingerprint density at radius 3 is 1.50 bits per heavy atom. The van der Waals surface area contributed by atoms with Gasteiger partial charge in [-0.3, -0.25) is 4.79 Å². The van der Waals surface area contributed by atoms with Crippen molar-refractivity contribution in [1.82, 2.24) is 0 Å². The summed E-state index contributed by atoms with van der Waals surface area (Å²) in [6.45, 7) is 10.4. The Morgan fingerprint density at radius 2 is 0.980 bits per heavy atom. The monoisotopic (exact) mass is 1410 g/mol. The van der Waals surface area contributed by atoms with Crippen LogP contribution >= 0.6 is 0 Å². The van der Waals surface area contributed by atoms with Crippen LogP contribution < -0.4 is 0 Å². The molecule has 16 N–H and O–H groups in total. The van der Waals surface area contributed by atoms with E-state index in [0.29, 0.717) is 32.1 Å². The lowest BCUT2D eigenvalue weighted by Gasteiger charge is -2.63. The van der Waals surface area contributed by atoms with Crippen LogP contribution in [0.15, 0.2) is 11.6 Å². The summed E-state index contributed by atoms with van der Waals surface area (Å²) in [5, 5.41) is 179. The third-order valence-corrected chi connectivity index (χ3v) is 24.4. The summed E-state index contributed by atoms with van der Waals surface area (Å²) in [4.78, 5) is 14.6. The average Bonchev–Trinajstić information content (AvgIpc) is 1.46. The van der Waals surface area contributed by atoms with Gasteiger partial charge in [-0.05, 0) is 92.3 Å². The van der Waals surface area contributed by atoms with E-state index in [0.717, 1.165) is 25.7 Å². The van der Waals surface area contributed by atoms with Crippen molar-refractivity contribution in [2.45, 2.75) is 296 Å². The van der Waals surface area contributed by atoms with E-state index in [1.165, 1.54) is 19.8 Å². The molecule has 4 aliphatic carbocycles. The molecule has 564 valence electrons. The van der Waals surface area contributed by atoms with Crippen LogP contribution in [0.2, 0.25) is 0 Å². The lowest BCUT2D eigenvalue weighted by atomic mass is 9.41. The van der Waals surface area contributed by atoms with Gasteiger partial charge in [-0.2, -0.15) is 0 Å². The summed E-state index contributed by atoms with van der Waals surface area (Å²) in [6, 6.07) is 0. The highest BCUT2D eigenvalue weighted by molar-refractivity contribution is 5.83. The molecular weight excluding hydrogens is 1300 g/mol. The van der Waals surface area contributed by atoms with E-state index in [1.807, 2.05) is 6.92 Å². The molecule has 0 aromatic rings. The Labute approximate surface area is 568 Å². The zero-order valence-electron chi connectivity index (χ0n) is 57.0. The van der Waals surface area contributed by atoms with Crippen LogP contribution in [0.1, 0.15) is 106 Å². The first-order valence-corrected chi connectivity index (χ1v) is 34.7. The van der Waals surface area contributed by atoms with Gasteiger partial charge < -0.3 is 153 Å². The number of hydrogen-bond acceptors (Lipinski definition) is 32. The highest BCUT2D eigenvalue weighted by atomic mass is 16.8. The van der Waals surface area contributed by atoms with Gasteiger partial charge in [-0.1, -0.05) is 53.2 Å². The molecule has 37 unspecified atom stereocenters. The van der Waals surface area contributed by atoms with Gasteiger partial charge in [0.2, 0.25) is 0 Å². The van der Waals surface area contributed by atoms with E-state index >= 15 is 0 Å². The van der Waals surface area contributed by atoms with Crippen molar-refractivity contribution in [2.24, 2.45) is 45.3 Å². The maximum Gasteiger partial charge on any atom is 0.313 e. The second kappa shape index (κ2) is 30.1. The van der Waals surface area contributed by atoms with Crippen LogP contribution in [0.5, 0.6) is 0 Å². The first kappa shape index (κ1) is 77.1. The lowest BCUT2D eigenvalue weighted by Crippen LogP contribution is -2.67. The van der Waals surface area contributed by atoms with Crippen molar-refractivity contribution in [3.05, 3.63) is 11.6 Å². The molecule has 7 saturated heterocycles. The van der Waals surface area contributed by atoms with E-state index in [2.05, 4.69) is 47.6 Å². The Balaban J connectivity index is 0.852. The van der Waals surface area contributed by atoms with E-state index < -0.39 is 246 Å². The van der Waals surface area contributed by atoms with Crippen molar-refractivity contribution >= 4 is 5.97 Å². The molecule has 11 rings (SSSR count). The molecule has 37 atom stereocenters. The third-order valence-electron chi connectivity index (χ3n) is 24.4. The number of esters is 1. The number of cyclic esters (lactones) is 1. The SMILES string of the molecule is COC1C(O)C(CO)OC(OC2C(O)COC(OC3C(O)C(CO)OC(OC4C(OC5CCC6(C)C7=CCC89C(=O)OC(C)(CC(O)CC(C)C)C8CCC9(C)C7CCC6C5(C)C)OCC(OC5OC(CO)C(O)C(OC6OC(CO)C(O)C(OC)C6O)C5O)C4O)C3O)C2O)C1O. The minimum absolute atomic E-state index is 0.0263. The van der Waals surface area contributed by atoms with E-state index in [-0.39, 0.29) is 35.1 Å². The quantitative estimate of drug-likeness (QED) is 0.0276. The van der Waals surface area contributed by atoms with E-state index in [4.69, 9.17) is 71.1 Å². The summed E-state index contributed by atoms with van der Waals surface area (Å²) in [7, 11) is 2.37. The van der Waals surface area contributed by atoms with Crippen molar-refractivity contribution in [1.29, 1.82) is 0 Å². The number of aliphatic hydroxyl groups excluding tert-OH is 16. The normalized spacial score (nSPS) is 52.1. The van der Waals surface area contributed by atoms with Crippen molar-refractivity contribution in [3.63, 3.8) is 0 Å². The van der Waals surface area contributed by atoms with Crippen molar-refractivity contribution in [3.8, 4) is 0 Å². The molecule has 0 amide bonds. The molecular formula is C66H108O32. The van der Waals surface area contributed by atoms with Gasteiger partial charge in [0.25, 0.3) is 0 Å². The second-order valence-electron chi connectivity index (χ2n) is 30.9. The molecule has 98 heavy (non-hydrogen) atoms. The maximum atomic E-state index is 14.6. The number of rotatable bonds is 22. The minimum atomic E-state index is -2.12. The molecule has 0 radical (unpaired) electrons. The third kappa shape index (κ3) is 13.4. The molecule has 11 aliphatic rings. The van der Waals surface area contributed by atoms with Gasteiger partial charge in [0.05, 0.1) is 57.3 Å². The van der Waals surface area contributed by atoms with Crippen molar-refractivity contribution < 1.29 is 158 Å². The van der Waals surface area contributed by atoms with Gasteiger partial charge in [0.15, 0.2) is 37.7 Å². The second-order valence-corrected chi connectivity index (χ2v) is 30.9. The lowest BCUT2D eigenvalue weighted by molar-refractivity contribution is -0.397. The number of carbonyl (C=O) groups is 1. The molecule has 0 aromatic heterocycles. The molecule has 1 spiro atoms. The van der Waals surface area contributed by atoms with Crippen LogP contribution in [0, 0.1) is 45.3 Å². The first-order chi connectivity index (χ1) is 46.3. The Kier molecular flexibility index (Phi) is 23.7. The van der Waals surface area contributed by atoms with Crippen LogP contribution in [0.4, 0.5) is 0 Å². The van der Waals surface area contributed by atoms with E-state index in [9.17, 15) is 86.5 Å². The highest BCUT2D eigenvalue weighted by Gasteiger charge is 2.76. The van der Waals surface area contributed by atoms with Gasteiger partial charge in [0, 0.05) is 26.6 Å². The molecule has 0 bridgehead atoms. The molecule has 7 aliphatic heterocycles. The fourth-order valence-corrected chi connectivity index (χ4v) is 19.3. The Bertz CT molecular complexity index is 2700. The van der Waals surface area contributed by atoms with Crippen LogP contribution in [-0.4, -0.2) is 331 Å². The maximum absolute atomic E-state index is 14.6. The predicted octanol–water partition coefficient (Wildman–Crippen LogP) is -4.42. The summed E-state index contributed by atoms with van der Waals surface area (Å²) in [6.07, 6.45) is -41.5. The Morgan fingerprint density at radius 1 is 0.510 bits per heavy atom. The predicted molar refractivity (Wildman–Crippen MR) is 327 cm³/mol. The number of methoxy groups -OCH3 is 2. The van der Waals surface area contributed by atoms with Crippen LogP contribution in [0.3, 0.4) is 0 Å². The molecule has 3 saturated carbocycles. The summed E-state index contributed by atoms with van der Waals surface area (Å²) in [5.74, 6) is 0.0258. The standard InChI is InChI=1S/C66H108O32/c1-26(2)18-27(71)19-65(7)37-13-16-64(6)29-10-11-36-62(3,4)38(14-15-63(36,5)28(29)12-17-66(37,64)61(83)98-65)93-60-54(43(77)35(25-87-60)92-56-47(81)53(42(76)33(22-69)88-56)96-58-46(80)51(85-9)40(74)32(21-68)90-58)97-59-48(82)52(41(75)34(23-70)91-59)95-55-44(78)49(30(72)24-86-55)94-57-45(79)50(84-8)39(73)31(20-67)89-57/h12,26-27,29-60,67-82H,10-11,13-25H2,1-9H3. The number of hydrogen-bond donors (Lipinski definition) is 16. The smallest absolute Gasteiger partial charge is 0.313 e. The zero-order chi connectivity index (χ0) is 71.2. The van der Waals surface area contributed by atoms with Gasteiger partial charge >= 0.3 is 5.97 Å².